The molecule has 6 nitrogen and oxygen atoms in total. The van der Waals surface area contributed by atoms with Crippen LogP contribution in [0.4, 0.5) is 0 Å². The van der Waals surface area contributed by atoms with E-state index in [-0.39, 0.29) is 17.4 Å². The van der Waals surface area contributed by atoms with Gasteiger partial charge in [-0.05, 0) is 26.2 Å². The van der Waals surface area contributed by atoms with E-state index in [1.165, 1.54) is 12.3 Å². The number of amides is 1. The van der Waals surface area contributed by atoms with Crippen molar-refractivity contribution in [1.82, 2.24) is 19.7 Å². The van der Waals surface area contributed by atoms with E-state index in [4.69, 9.17) is 0 Å². The molecule has 0 saturated carbocycles. The van der Waals surface area contributed by atoms with E-state index in [9.17, 15) is 9.90 Å². The van der Waals surface area contributed by atoms with Crippen LogP contribution >= 0.6 is 0 Å². The molecule has 0 bridgehead atoms. The van der Waals surface area contributed by atoms with Gasteiger partial charge in [0.2, 0.25) is 0 Å². The van der Waals surface area contributed by atoms with Gasteiger partial charge in [-0.2, -0.15) is 0 Å². The predicted octanol–water partition coefficient (Wildman–Crippen LogP) is 0.107. The van der Waals surface area contributed by atoms with Gasteiger partial charge in [-0.25, -0.2) is 4.98 Å². The molecule has 6 heteroatoms. The number of hydrogen-bond acceptors (Lipinski definition) is 5. The summed E-state index contributed by atoms with van der Waals surface area (Å²) in [5.74, 6) is -0.233. The van der Waals surface area contributed by atoms with E-state index in [0.717, 1.165) is 26.2 Å². The van der Waals surface area contributed by atoms with E-state index in [0.29, 0.717) is 13.1 Å². The summed E-state index contributed by atoms with van der Waals surface area (Å²) in [6.45, 7) is 5.14. The molecule has 0 unspecified atom stereocenters. The van der Waals surface area contributed by atoms with E-state index < -0.39 is 0 Å². The minimum absolute atomic E-state index is 0.0486. The number of nitrogens with zero attached hydrogens (tertiary/aromatic N) is 4. The fraction of sp³-hybridized carbons (Fsp3) is 0.571. The lowest BCUT2D eigenvalue weighted by atomic mass is 10.2. The number of likely N-dealkylation sites (N-methyl/N-ethyl adjacent to an activating group) is 1. The first kappa shape index (κ1) is 14.7. The smallest absolute Gasteiger partial charge is 0.276 e. The van der Waals surface area contributed by atoms with Gasteiger partial charge in [0.05, 0.1) is 0 Å². The van der Waals surface area contributed by atoms with Crippen LogP contribution in [-0.4, -0.2) is 84.1 Å². The normalized spacial score (nSPS) is 16.6. The maximum Gasteiger partial charge on any atom is 0.276 e. The Labute approximate surface area is 119 Å². The lowest BCUT2D eigenvalue weighted by Crippen LogP contribution is -2.50. The minimum Gasteiger partial charge on any atom is -0.505 e. The van der Waals surface area contributed by atoms with E-state index in [2.05, 4.69) is 28.9 Å². The summed E-state index contributed by atoms with van der Waals surface area (Å²) in [6, 6.07) is 3.11. The molecule has 0 atom stereocenters. The van der Waals surface area contributed by atoms with Gasteiger partial charge in [0.25, 0.3) is 5.91 Å². The second-order valence-electron chi connectivity index (χ2n) is 5.31. The van der Waals surface area contributed by atoms with Crippen molar-refractivity contribution < 1.29 is 9.90 Å². The van der Waals surface area contributed by atoms with Gasteiger partial charge in [-0.15, -0.1) is 0 Å². The second-order valence-corrected chi connectivity index (χ2v) is 5.31. The molecule has 1 N–H and O–H groups in total. The maximum atomic E-state index is 12.3. The number of carbonyl (C=O) groups excluding carboxylic acids is 1. The topological polar surface area (TPSA) is 59.9 Å². The fourth-order valence-electron chi connectivity index (χ4n) is 2.23. The molecule has 110 valence electrons. The number of piperazine rings is 1. The maximum absolute atomic E-state index is 12.3. The van der Waals surface area contributed by atoms with Gasteiger partial charge >= 0.3 is 0 Å². The number of pyridine rings is 1. The summed E-state index contributed by atoms with van der Waals surface area (Å²) < 4.78 is 0. The predicted molar refractivity (Wildman–Crippen MR) is 76.8 cm³/mol. The Bertz CT molecular complexity index is 456. The quantitative estimate of drug-likeness (QED) is 0.847. The van der Waals surface area contributed by atoms with Crippen LogP contribution in [0.15, 0.2) is 18.3 Å². The van der Waals surface area contributed by atoms with Gasteiger partial charge in [-0.3, -0.25) is 9.69 Å². The standard InChI is InChI=1S/C14H22N4O2/c1-16(2)6-7-17-8-10-18(11-9-17)14(20)13-12(19)4-3-5-15-13/h3-5,19H,6-11H2,1-2H3. The Balaban J connectivity index is 1.88. The monoisotopic (exact) mass is 278 g/mol. The first-order valence-electron chi connectivity index (χ1n) is 6.88. The van der Waals surface area contributed by atoms with E-state index >= 15 is 0 Å². The van der Waals surface area contributed by atoms with Crippen LogP contribution in [0.2, 0.25) is 0 Å². The van der Waals surface area contributed by atoms with Crippen LogP contribution in [0.5, 0.6) is 5.75 Å². The molecule has 1 saturated heterocycles. The van der Waals surface area contributed by atoms with Crippen molar-refractivity contribution in [3.63, 3.8) is 0 Å². The molecule has 2 rings (SSSR count). The highest BCUT2D eigenvalue weighted by atomic mass is 16.3. The van der Waals surface area contributed by atoms with Gasteiger partial charge in [0, 0.05) is 45.5 Å². The zero-order chi connectivity index (χ0) is 14.5. The van der Waals surface area contributed by atoms with Crippen molar-refractivity contribution in [2.75, 3.05) is 53.4 Å². The van der Waals surface area contributed by atoms with Crippen LogP contribution in [0.25, 0.3) is 0 Å². The Morgan fingerprint density at radius 3 is 2.65 bits per heavy atom. The average molecular weight is 278 g/mol. The molecule has 1 aromatic heterocycles. The highest BCUT2D eigenvalue weighted by Gasteiger charge is 2.24. The molecule has 0 aliphatic carbocycles. The van der Waals surface area contributed by atoms with Gasteiger partial charge in [0.15, 0.2) is 5.69 Å². The second kappa shape index (κ2) is 6.67. The zero-order valence-electron chi connectivity index (χ0n) is 12.1. The number of rotatable bonds is 4. The van der Waals surface area contributed by atoms with Crippen molar-refractivity contribution in [1.29, 1.82) is 0 Å². The van der Waals surface area contributed by atoms with E-state index in [1.54, 1.807) is 11.0 Å². The molecule has 0 spiro atoms. The SMILES string of the molecule is CN(C)CCN1CCN(C(=O)c2ncccc2O)CC1. The molecule has 0 radical (unpaired) electrons. The molecule has 1 aliphatic heterocycles. The molecule has 1 aromatic rings. The van der Waals surface area contributed by atoms with Crippen LogP contribution in [-0.2, 0) is 0 Å². The molecule has 20 heavy (non-hydrogen) atoms. The molecule has 1 fully saturated rings. The molecular weight excluding hydrogens is 256 g/mol. The Kier molecular flexibility index (Phi) is 4.92. The minimum atomic E-state index is -0.185. The zero-order valence-corrected chi connectivity index (χ0v) is 12.1. The first-order chi connectivity index (χ1) is 9.58. The molecule has 1 amide bonds. The number of aromatic nitrogens is 1. The molecule has 0 aromatic carbocycles. The van der Waals surface area contributed by atoms with Crippen LogP contribution in [0, 0.1) is 0 Å². The van der Waals surface area contributed by atoms with Crippen LogP contribution in [0.1, 0.15) is 10.5 Å². The van der Waals surface area contributed by atoms with Crippen molar-refractivity contribution in [2.45, 2.75) is 0 Å². The van der Waals surface area contributed by atoms with Gasteiger partial charge in [0.1, 0.15) is 5.75 Å². The fourth-order valence-corrected chi connectivity index (χ4v) is 2.23. The lowest BCUT2D eigenvalue weighted by Gasteiger charge is -2.35. The molecular formula is C14H22N4O2. The van der Waals surface area contributed by atoms with Crippen LogP contribution < -0.4 is 0 Å². The summed E-state index contributed by atoms with van der Waals surface area (Å²) in [5, 5.41) is 9.68. The summed E-state index contributed by atoms with van der Waals surface area (Å²) in [4.78, 5) is 22.5. The molecule has 1 aliphatic rings. The van der Waals surface area contributed by atoms with Crippen LogP contribution in [0.3, 0.4) is 0 Å². The Morgan fingerprint density at radius 2 is 2.05 bits per heavy atom. The first-order valence-corrected chi connectivity index (χ1v) is 6.88. The third kappa shape index (κ3) is 3.68. The Hall–Kier alpha value is -1.66. The van der Waals surface area contributed by atoms with Gasteiger partial charge in [-0.1, -0.05) is 0 Å². The highest BCUT2D eigenvalue weighted by molar-refractivity contribution is 5.94. The summed E-state index contributed by atoms with van der Waals surface area (Å²) in [6.07, 6.45) is 1.53. The van der Waals surface area contributed by atoms with Crippen molar-refractivity contribution >= 4 is 5.91 Å². The lowest BCUT2D eigenvalue weighted by molar-refractivity contribution is 0.0621. The van der Waals surface area contributed by atoms with E-state index in [1.807, 2.05) is 0 Å². The summed E-state index contributed by atoms with van der Waals surface area (Å²) in [7, 11) is 4.12. The van der Waals surface area contributed by atoms with Crippen molar-refractivity contribution in [3.05, 3.63) is 24.0 Å². The Morgan fingerprint density at radius 1 is 1.35 bits per heavy atom. The third-order valence-corrected chi connectivity index (χ3v) is 3.51. The highest BCUT2D eigenvalue weighted by Crippen LogP contribution is 2.16. The number of carbonyl (C=O) groups is 1. The third-order valence-electron chi connectivity index (χ3n) is 3.51. The van der Waals surface area contributed by atoms with Crippen molar-refractivity contribution in [3.8, 4) is 5.75 Å². The number of hydrogen-bond donors (Lipinski definition) is 1. The summed E-state index contributed by atoms with van der Waals surface area (Å²) in [5.41, 5.74) is 0.147. The number of aromatic hydroxyl groups is 1. The summed E-state index contributed by atoms with van der Waals surface area (Å²) >= 11 is 0. The average Bonchev–Trinajstić information content (AvgIpc) is 2.45. The van der Waals surface area contributed by atoms with Crippen molar-refractivity contribution in [2.24, 2.45) is 0 Å². The molecule has 2 heterocycles. The largest absolute Gasteiger partial charge is 0.505 e. The van der Waals surface area contributed by atoms with Gasteiger partial charge < -0.3 is 14.9 Å².